The molecule has 5 heteroatoms. The third-order valence-electron chi connectivity index (χ3n) is 1.77. The van der Waals surface area contributed by atoms with Crippen LogP contribution in [0, 0.1) is 0 Å². The van der Waals surface area contributed by atoms with Crippen molar-refractivity contribution in [3.63, 3.8) is 0 Å². The van der Waals surface area contributed by atoms with E-state index in [4.69, 9.17) is 15.6 Å². The third kappa shape index (κ3) is 4.29. The molecule has 4 nitrogen and oxygen atoms in total. The predicted molar refractivity (Wildman–Crippen MR) is 59.0 cm³/mol. The van der Waals surface area contributed by atoms with Gasteiger partial charge in [0.05, 0.1) is 12.6 Å². The van der Waals surface area contributed by atoms with Gasteiger partial charge < -0.3 is 15.6 Å². The van der Waals surface area contributed by atoms with Crippen LogP contribution in [0.25, 0.3) is 0 Å². The normalized spacial score (nSPS) is 11.4. The Balaban J connectivity index is 0.00000196. The first kappa shape index (κ1) is 13.9. The van der Waals surface area contributed by atoms with E-state index in [1.165, 1.54) is 6.92 Å². The number of carbonyl (C=O) groups is 1. The van der Waals surface area contributed by atoms with Gasteiger partial charge in [0, 0.05) is 6.92 Å². The van der Waals surface area contributed by atoms with Gasteiger partial charge in [-0.25, -0.2) is 0 Å². The van der Waals surface area contributed by atoms with Gasteiger partial charge >= 0.3 is 5.97 Å². The first-order valence-corrected chi connectivity index (χ1v) is 4.28. The summed E-state index contributed by atoms with van der Waals surface area (Å²) < 4.78 is 4.84. The molecule has 0 amide bonds. The molecular weight excluding hydrogens is 218 g/mol. The van der Waals surface area contributed by atoms with E-state index in [2.05, 4.69) is 0 Å². The minimum Gasteiger partial charge on any atom is -0.427 e. The van der Waals surface area contributed by atoms with Crippen LogP contribution < -0.4 is 10.5 Å². The lowest BCUT2D eigenvalue weighted by molar-refractivity contribution is -0.131. The Hall–Kier alpha value is -1.10. The molecule has 3 N–H and O–H groups in total. The number of hydrogen-bond donors (Lipinski definition) is 2. The summed E-state index contributed by atoms with van der Waals surface area (Å²) in [5, 5.41) is 8.79. The Kier molecular flexibility index (Phi) is 5.93. The first-order valence-electron chi connectivity index (χ1n) is 4.28. The second-order valence-electron chi connectivity index (χ2n) is 2.95. The molecule has 0 unspecified atom stereocenters. The number of aliphatic hydroxyl groups is 1. The maximum absolute atomic E-state index is 10.6. The maximum atomic E-state index is 10.6. The lowest BCUT2D eigenvalue weighted by Gasteiger charge is -2.08. The standard InChI is InChI=1S/C10H13NO3.ClH/c1-7(13)14-9-4-2-8(3-5-9)10(11)6-12;/h2-5,10,12H,6,11H2,1H3;1H/t10-;/m0./s1. The predicted octanol–water partition coefficient (Wildman–Crippen LogP) is 1.03. The van der Waals surface area contributed by atoms with Crippen LogP contribution >= 0.6 is 12.4 Å². The molecule has 0 saturated carbocycles. The second-order valence-corrected chi connectivity index (χ2v) is 2.95. The summed E-state index contributed by atoms with van der Waals surface area (Å²) in [6.07, 6.45) is 0. The molecule has 0 aliphatic carbocycles. The van der Waals surface area contributed by atoms with Crippen molar-refractivity contribution in [1.29, 1.82) is 0 Å². The largest absolute Gasteiger partial charge is 0.427 e. The Morgan fingerprint density at radius 3 is 2.40 bits per heavy atom. The average Bonchev–Trinajstić information content (AvgIpc) is 2.17. The molecular formula is C10H14ClNO3. The average molecular weight is 232 g/mol. The van der Waals surface area contributed by atoms with E-state index in [0.717, 1.165) is 5.56 Å². The lowest BCUT2D eigenvalue weighted by Crippen LogP contribution is -2.14. The van der Waals surface area contributed by atoms with Crippen molar-refractivity contribution in [2.24, 2.45) is 5.73 Å². The summed E-state index contributed by atoms with van der Waals surface area (Å²) in [7, 11) is 0. The van der Waals surface area contributed by atoms with E-state index < -0.39 is 0 Å². The zero-order chi connectivity index (χ0) is 10.6. The summed E-state index contributed by atoms with van der Waals surface area (Å²) in [6.45, 7) is 1.24. The molecule has 84 valence electrons. The molecule has 0 spiro atoms. The van der Waals surface area contributed by atoms with Crippen LogP contribution in [-0.4, -0.2) is 17.7 Å². The molecule has 0 aromatic heterocycles. The fourth-order valence-corrected chi connectivity index (χ4v) is 1.05. The van der Waals surface area contributed by atoms with Crippen LogP contribution in [-0.2, 0) is 4.79 Å². The Morgan fingerprint density at radius 1 is 1.47 bits per heavy atom. The number of nitrogens with two attached hydrogens (primary N) is 1. The van der Waals surface area contributed by atoms with E-state index in [9.17, 15) is 4.79 Å². The maximum Gasteiger partial charge on any atom is 0.308 e. The summed E-state index contributed by atoms with van der Waals surface area (Å²) in [5.74, 6) is 0.121. The lowest BCUT2D eigenvalue weighted by atomic mass is 10.1. The van der Waals surface area contributed by atoms with Gasteiger partial charge in [0.2, 0.25) is 0 Å². The van der Waals surface area contributed by atoms with Crippen LogP contribution in [0.1, 0.15) is 18.5 Å². The minimum atomic E-state index is -0.388. The molecule has 1 atom stereocenters. The van der Waals surface area contributed by atoms with Crippen LogP contribution in [0.4, 0.5) is 0 Å². The number of benzene rings is 1. The smallest absolute Gasteiger partial charge is 0.308 e. The van der Waals surface area contributed by atoms with Crippen molar-refractivity contribution < 1.29 is 14.6 Å². The Morgan fingerprint density at radius 2 is 2.00 bits per heavy atom. The summed E-state index contributed by atoms with van der Waals surface area (Å²) >= 11 is 0. The highest BCUT2D eigenvalue weighted by Crippen LogP contribution is 2.16. The number of halogens is 1. The summed E-state index contributed by atoms with van der Waals surface area (Å²) in [5.41, 5.74) is 6.40. The number of hydrogen-bond acceptors (Lipinski definition) is 4. The molecule has 0 radical (unpaired) electrons. The second kappa shape index (κ2) is 6.40. The fraction of sp³-hybridized carbons (Fsp3) is 0.300. The molecule has 0 saturated heterocycles. The van der Waals surface area contributed by atoms with Crippen molar-refractivity contribution >= 4 is 18.4 Å². The molecule has 0 fully saturated rings. The topological polar surface area (TPSA) is 72.5 Å². The highest BCUT2D eigenvalue weighted by atomic mass is 35.5. The highest BCUT2D eigenvalue weighted by Gasteiger charge is 2.04. The van der Waals surface area contributed by atoms with E-state index in [0.29, 0.717) is 5.75 Å². The van der Waals surface area contributed by atoms with Crippen LogP contribution in [0.3, 0.4) is 0 Å². The van der Waals surface area contributed by atoms with Gasteiger partial charge in [-0.1, -0.05) is 12.1 Å². The molecule has 1 rings (SSSR count). The number of aliphatic hydroxyl groups excluding tert-OH is 1. The fourth-order valence-electron chi connectivity index (χ4n) is 1.05. The molecule has 15 heavy (non-hydrogen) atoms. The van der Waals surface area contributed by atoms with Crippen molar-refractivity contribution in [3.8, 4) is 5.75 Å². The number of esters is 1. The van der Waals surface area contributed by atoms with Crippen molar-refractivity contribution in [1.82, 2.24) is 0 Å². The summed E-state index contributed by atoms with van der Waals surface area (Å²) in [6, 6.07) is 6.35. The van der Waals surface area contributed by atoms with Crippen LogP contribution in [0.5, 0.6) is 5.75 Å². The minimum absolute atomic E-state index is 0. The van der Waals surface area contributed by atoms with Crippen molar-refractivity contribution in [2.75, 3.05) is 6.61 Å². The zero-order valence-corrected chi connectivity index (χ0v) is 9.16. The van der Waals surface area contributed by atoms with Crippen molar-refractivity contribution in [3.05, 3.63) is 29.8 Å². The highest BCUT2D eigenvalue weighted by molar-refractivity contribution is 5.85. The quantitative estimate of drug-likeness (QED) is 0.602. The van der Waals surface area contributed by atoms with E-state index in [-0.39, 0.29) is 31.0 Å². The van der Waals surface area contributed by atoms with E-state index in [1.54, 1.807) is 24.3 Å². The van der Waals surface area contributed by atoms with Crippen LogP contribution in [0.2, 0.25) is 0 Å². The SMILES string of the molecule is CC(=O)Oc1ccc([C@@H](N)CO)cc1.Cl. The molecule has 0 aliphatic heterocycles. The molecule has 1 aromatic rings. The Labute approximate surface area is 94.5 Å². The van der Waals surface area contributed by atoms with Gasteiger partial charge in [-0.05, 0) is 17.7 Å². The van der Waals surface area contributed by atoms with Gasteiger partial charge in [-0.15, -0.1) is 12.4 Å². The number of carbonyl (C=O) groups excluding carboxylic acids is 1. The van der Waals surface area contributed by atoms with Gasteiger partial charge in [-0.3, -0.25) is 4.79 Å². The first-order chi connectivity index (χ1) is 6.63. The van der Waals surface area contributed by atoms with E-state index >= 15 is 0 Å². The molecule has 1 aromatic carbocycles. The monoisotopic (exact) mass is 231 g/mol. The molecule has 0 aliphatic rings. The number of rotatable bonds is 3. The van der Waals surface area contributed by atoms with Gasteiger partial charge in [0.1, 0.15) is 5.75 Å². The van der Waals surface area contributed by atoms with Gasteiger partial charge in [-0.2, -0.15) is 0 Å². The molecule has 0 heterocycles. The van der Waals surface area contributed by atoms with Crippen molar-refractivity contribution in [2.45, 2.75) is 13.0 Å². The number of ether oxygens (including phenoxy) is 1. The molecule has 0 bridgehead atoms. The third-order valence-corrected chi connectivity index (χ3v) is 1.77. The van der Waals surface area contributed by atoms with E-state index in [1.807, 2.05) is 0 Å². The summed E-state index contributed by atoms with van der Waals surface area (Å²) in [4.78, 5) is 10.6. The van der Waals surface area contributed by atoms with Gasteiger partial charge in [0.15, 0.2) is 0 Å². The Bertz CT molecular complexity index is 313. The van der Waals surface area contributed by atoms with Crippen LogP contribution in [0.15, 0.2) is 24.3 Å². The van der Waals surface area contributed by atoms with Gasteiger partial charge in [0.25, 0.3) is 0 Å². The zero-order valence-electron chi connectivity index (χ0n) is 8.34.